The number of ether oxygens (including phenoxy) is 2. The number of aliphatic hydroxyl groups excluding tert-OH is 1. The van der Waals surface area contributed by atoms with E-state index in [1.54, 1.807) is 36.2 Å². The van der Waals surface area contributed by atoms with Gasteiger partial charge < -0.3 is 29.3 Å². The smallest absolute Gasteiger partial charge is 0.313 e. The fourth-order valence-corrected chi connectivity index (χ4v) is 8.48. The molecule has 1 N–H and O–H groups in total. The number of carbonyl (C=O) groups excluding carboxylic acids is 4. The van der Waals surface area contributed by atoms with Crippen molar-refractivity contribution >= 4 is 56.9 Å². The minimum absolute atomic E-state index is 0.0953. The van der Waals surface area contributed by atoms with Gasteiger partial charge in [0.05, 0.1) is 29.3 Å². The molecule has 12 heteroatoms. The molecule has 10 nitrogen and oxygen atoms in total. The molecule has 0 aliphatic carbocycles. The molecule has 7 atom stereocenters. The summed E-state index contributed by atoms with van der Waals surface area (Å²) in [6.07, 6.45) is 4.25. The minimum Gasteiger partial charge on any atom is -0.455 e. The van der Waals surface area contributed by atoms with E-state index in [1.807, 2.05) is 56.3 Å². The zero-order chi connectivity index (χ0) is 33.6. The summed E-state index contributed by atoms with van der Waals surface area (Å²) >= 11 is 10.3. The van der Waals surface area contributed by atoms with Gasteiger partial charge in [-0.05, 0) is 43.5 Å². The topological polar surface area (TPSA) is 117 Å². The molecule has 0 radical (unpaired) electrons. The molecular formula is C35H37BrClN3O7. The summed E-state index contributed by atoms with van der Waals surface area (Å²) in [5, 5.41) is 10.4. The van der Waals surface area contributed by atoms with Crippen molar-refractivity contribution in [2.75, 3.05) is 31.6 Å². The summed E-state index contributed by atoms with van der Waals surface area (Å²) in [7, 11) is 1.68. The highest BCUT2D eigenvalue weighted by Crippen LogP contribution is 2.59. The molecule has 6 rings (SSSR count). The van der Waals surface area contributed by atoms with Gasteiger partial charge in [-0.15, -0.1) is 0 Å². The Balaban J connectivity index is 1.50. The van der Waals surface area contributed by atoms with E-state index in [0.29, 0.717) is 27.2 Å². The summed E-state index contributed by atoms with van der Waals surface area (Å²) in [6.45, 7) is 3.21. The van der Waals surface area contributed by atoms with Crippen LogP contribution in [0.1, 0.15) is 37.0 Å². The van der Waals surface area contributed by atoms with Gasteiger partial charge >= 0.3 is 5.97 Å². The van der Waals surface area contributed by atoms with Crippen LogP contribution in [0.15, 0.2) is 71.2 Å². The zero-order valence-corrected chi connectivity index (χ0v) is 28.7. The molecule has 0 saturated carbocycles. The fourth-order valence-electron chi connectivity index (χ4n) is 7.42. The highest BCUT2D eigenvalue weighted by molar-refractivity contribution is 9.11. The number of allylic oxidation sites excluding steroid dienone is 1. The van der Waals surface area contributed by atoms with Gasteiger partial charge in [-0.3, -0.25) is 19.2 Å². The number of nitrogens with zero attached hydrogens (tertiary/aromatic N) is 3. The average Bonchev–Trinajstić information content (AvgIpc) is 3.64. The van der Waals surface area contributed by atoms with Crippen LogP contribution in [0.4, 0.5) is 5.69 Å². The summed E-state index contributed by atoms with van der Waals surface area (Å²) in [5.74, 6) is -3.96. The van der Waals surface area contributed by atoms with Crippen molar-refractivity contribution in [3.8, 4) is 0 Å². The van der Waals surface area contributed by atoms with E-state index >= 15 is 0 Å². The molecule has 0 unspecified atom stereocenters. The van der Waals surface area contributed by atoms with Crippen molar-refractivity contribution in [3.05, 3.63) is 87.4 Å². The first-order chi connectivity index (χ1) is 22.5. The number of hydrogen-bond acceptors (Lipinski definition) is 7. The number of halogens is 2. The molecule has 0 aromatic heterocycles. The number of β-amino-alcohol motifs (C(OH)–C–C–N with tert-alkyl or cyclic N) is 1. The molecule has 2 fully saturated rings. The maximum atomic E-state index is 14.9. The number of hydrogen-bond donors (Lipinski definition) is 1. The maximum Gasteiger partial charge on any atom is 0.313 e. The number of aryl methyl sites for hydroxylation is 1. The predicted octanol–water partition coefficient (Wildman–Crippen LogP) is 4.33. The van der Waals surface area contributed by atoms with Crippen LogP contribution in [0.5, 0.6) is 0 Å². The molecule has 4 heterocycles. The van der Waals surface area contributed by atoms with E-state index in [1.165, 1.54) is 9.80 Å². The van der Waals surface area contributed by atoms with Crippen molar-refractivity contribution in [1.29, 1.82) is 0 Å². The van der Waals surface area contributed by atoms with Crippen LogP contribution in [0, 0.1) is 18.8 Å². The van der Waals surface area contributed by atoms with Gasteiger partial charge in [0.2, 0.25) is 11.8 Å². The molecule has 3 amide bonds. The van der Waals surface area contributed by atoms with Gasteiger partial charge in [0.1, 0.15) is 29.8 Å². The molecule has 47 heavy (non-hydrogen) atoms. The number of para-hydroxylation sites is 1. The number of fused-ring (bicyclic) bond motifs is 2. The number of anilines is 1. The summed E-state index contributed by atoms with van der Waals surface area (Å²) in [5.41, 5.74) is 0.393. The van der Waals surface area contributed by atoms with E-state index in [4.69, 9.17) is 21.1 Å². The molecule has 5 bridgehead atoms. The van der Waals surface area contributed by atoms with Gasteiger partial charge in [0.25, 0.3) is 5.91 Å². The molecular weight excluding hydrogens is 690 g/mol. The summed E-state index contributed by atoms with van der Waals surface area (Å²) < 4.78 is 13.3. The third kappa shape index (κ3) is 5.60. The highest BCUT2D eigenvalue weighted by atomic mass is 79.9. The largest absolute Gasteiger partial charge is 0.455 e. The van der Waals surface area contributed by atoms with Crippen LogP contribution in [-0.4, -0.2) is 89.1 Å². The second-order valence-corrected chi connectivity index (χ2v) is 13.8. The number of benzene rings is 2. The van der Waals surface area contributed by atoms with Crippen molar-refractivity contribution in [2.45, 2.75) is 56.6 Å². The number of cyclic esters (lactones) is 1. The van der Waals surface area contributed by atoms with Crippen LogP contribution in [0.3, 0.4) is 0 Å². The molecule has 248 valence electrons. The Bertz CT molecular complexity index is 1630. The number of rotatable bonds is 4. The first-order valence-corrected chi connectivity index (χ1v) is 16.9. The standard InChI is InChI=1S/C35H37BrClN3O7/c1-20-11-10-14-24(37)28(20)39-16-9-5-8-15-25(42)38(3)21(2)29(22-12-6-4-7-13-22)46-34(45)26-27-32(43)40(17-18-41)31(33(39)44)35(27)19-23(36)30(26)47-35/h4-7,9-14,19,21,26-27,29-31,41H,8,15-18H2,1-3H3/b9-5-/t21-,26+,27-,29+,30+,31+,35-/m1/s1. The molecule has 2 aromatic carbocycles. The van der Waals surface area contributed by atoms with Crippen LogP contribution in [0.25, 0.3) is 0 Å². The molecule has 4 aliphatic heterocycles. The predicted molar refractivity (Wildman–Crippen MR) is 179 cm³/mol. The third-order valence-electron chi connectivity index (χ3n) is 9.79. The van der Waals surface area contributed by atoms with Crippen LogP contribution < -0.4 is 4.90 Å². The number of likely N-dealkylation sites (tertiary alicyclic amines) is 1. The lowest BCUT2D eigenvalue weighted by Gasteiger charge is -2.36. The molecule has 4 aliphatic rings. The number of amides is 3. The number of likely N-dealkylation sites (N-methyl/N-ethyl adjacent to an activating group) is 1. The first kappa shape index (κ1) is 33.4. The average molecular weight is 727 g/mol. The lowest BCUT2D eigenvalue weighted by molar-refractivity contribution is -0.164. The van der Waals surface area contributed by atoms with Gasteiger partial charge in [-0.25, -0.2) is 0 Å². The van der Waals surface area contributed by atoms with Crippen LogP contribution in [0.2, 0.25) is 5.02 Å². The minimum atomic E-state index is -1.51. The van der Waals surface area contributed by atoms with Gasteiger partial charge in [0, 0.05) is 31.0 Å². The Morgan fingerprint density at radius 1 is 1.02 bits per heavy atom. The summed E-state index contributed by atoms with van der Waals surface area (Å²) in [4.78, 5) is 61.3. The molecule has 1 spiro atoms. The second-order valence-electron chi connectivity index (χ2n) is 12.5. The van der Waals surface area contributed by atoms with Gasteiger partial charge in [-0.2, -0.15) is 0 Å². The molecule has 2 saturated heterocycles. The van der Waals surface area contributed by atoms with Gasteiger partial charge in [-0.1, -0.05) is 82.1 Å². The number of esters is 1. The van der Waals surface area contributed by atoms with E-state index in [-0.39, 0.29) is 25.4 Å². The summed E-state index contributed by atoms with van der Waals surface area (Å²) in [6, 6.07) is 12.7. The monoisotopic (exact) mass is 725 g/mol. The normalized spacial score (nSPS) is 32.0. The van der Waals surface area contributed by atoms with Crippen molar-refractivity contribution in [2.24, 2.45) is 11.8 Å². The van der Waals surface area contributed by atoms with E-state index in [0.717, 1.165) is 5.56 Å². The maximum absolute atomic E-state index is 14.9. The van der Waals surface area contributed by atoms with E-state index < -0.39 is 66.1 Å². The zero-order valence-electron chi connectivity index (χ0n) is 26.3. The van der Waals surface area contributed by atoms with E-state index in [2.05, 4.69) is 15.9 Å². The molecule has 2 aromatic rings. The Morgan fingerprint density at radius 2 is 1.77 bits per heavy atom. The van der Waals surface area contributed by atoms with Gasteiger partial charge in [0.15, 0.2) is 0 Å². The first-order valence-electron chi connectivity index (χ1n) is 15.7. The Hall–Kier alpha value is -3.51. The fraction of sp³-hybridized carbons (Fsp3) is 0.429. The Kier molecular flexibility index (Phi) is 9.37. The quantitative estimate of drug-likeness (QED) is 0.369. The van der Waals surface area contributed by atoms with Crippen LogP contribution >= 0.6 is 27.5 Å². The van der Waals surface area contributed by atoms with Crippen molar-refractivity contribution in [1.82, 2.24) is 9.80 Å². The number of carbonyl (C=O) groups is 4. The van der Waals surface area contributed by atoms with Crippen molar-refractivity contribution in [3.63, 3.8) is 0 Å². The Labute approximate surface area is 287 Å². The van der Waals surface area contributed by atoms with Crippen LogP contribution in [-0.2, 0) is 28.7 Å². The SMILES string of the molecule is Cc1cccc(Cl)c1N1C/C=C\CCC(=O)N(C)[C@H](C)[C@@H](c2ccccc2)OC(=O)[C@@H]2[C@H]3O[C@@]4(C=C3Br)[C@H](C1=O)N(CCO)C(=O)[C@@H]24. The highest BCUT2D eigenvalue weighted by Gasteiger charge is 2.75. The third-order valence-corrected chi connectivity index (χ3v) is 10.8. The van der Waals surface area contributed by atoms with E-state index in [9.17, 15) is 24.3 Å². The number of aliphatic hydroxyl groups is 1. The lowest BCUT2D eigenvalue weighted by Crippen LogP contribution is -2.56. The Morgan fingerprint density at radius 3 is 2.47 bits per heavy atom. The lowest BCUT2D eigenvalue weighted by atomic mass is 9.74. The second kappa shape index (κ2) is 13.2. The van der Waals surface area contributed by atoms with Crippen molar-refractivity contribution < 1.29 is 33.8 Å².